The Morgan fingerprint density at radius 1 is 0.853 bits per heavy atom. The van der Waals surface area contributed by atoms with Crippen molar-refractivity contribution in [3.8, 4) is 0 Å². The number of hydrogen-bond donors (Lipinski definition) is 2. The van der Waals surface area contributed by atoms with Gasteiger partial charge in [0.1, 0.15) is 0 Å². The molecule has 0 aliphatic carbocycles. The molecule has 0 aromatic heterocycles. The van der Waals surface area contributed by atoms with Gasteiger partial charge in [0.05, 0.1) is 4.90 Å². The van der Waals surface area contributed by atoms with Crippen LogP contribution in [0.1, 0.15) is 30.4 Å². The van der Waals surface area contributed by atoms with Crippen LogP contribution in [0.4, 0.5) is 0 Å². The van der Waals surface area contributed by atoms with Gasteiger partial charge in [-0.15, -0.1) is 0 Å². The second-order valence-corrected chi connectivity index (χ2v) is 10.2. The summed E-state index contributed by atoms with van der Waals surface area (Å²) in [6.45, 7) is 4.15. The molecule has 0 bridgehead atoms. The van der Waals surface area contributed by atoms with Gasteiger partial charge in [-0.3, -0.25) is 14.5 Å². The van der Waals surface area contributed by atoms with Crippen molar-refractivity contribution in [1.29, 1.82) is 0 Å². The van der Waals surface area contributed by atoms with Crippen molar-refractivity contribution in [2.24, 2.45) is 5.14 Å². The van der Waals surface area contributed by atoms with Gasteiger partial charge in [-0.2, -0.15) is 0 Å². The van der Waals surface area contributed by atoms with E-state index in [0.29, 0.717) is 45.4 Å². The zero-order valence-electron chi connectivity index (χ0n) is 19.5. The summed E-state index contributed by atoms with van der Waals surface area (Å²) >= 11 is 0. The molecule has 0 unspecified atom stereocenters. The highest BCUT2D eigenvalue weighted by Crippen LogP contribution is 2.10. The molecule has 1 fully saturated rings. The van der Waals surface area contributed by atoms with Crippen LogP contribution in [0.5, 0.6) is 0 Å². The molecule has 2 aromatic carbocycles. The standard InChI is InChI=1S/C25H34N4O4S/c26-34(32,33)23-11-9-22(10-12-23)13-15-27-24(30)14-16-28-17-19-29(20-18-28)25(31)8-4-7-21-5-2-1-3-6-21/h1-3,5-6,9-12H,4,7-8,13-20H2,(H,27,30)(H2,26,32,33). The predicted molar refractivity (Wildman–Crippen MR) is 132 cm³/mol. The summed E-state index contributed by atoms with van der Waals surface area (Å²) in [5.41, 5.74) is 2.19. The number of piperazine rings is 1. The van der Waals surface area contributed by atoms with Crippen LogP contribution in [-0.4, -0.2) is 69.3 Å². The minimum absolute atomic E-state index is 0.0134. The summed E-state index contributed by atoms with van der Waals surface area (Å²) in [5, 5.41) is 8.00. The summed E-state index contributed by atoms with van der Waals surface area (Å²) in [4.78, 5) is 28.9. The van der Waals surface area contributed by atoms with E-state index in [4.69, 9.17) is 5.14 Å². The lowest BCUT2D eigenvalue weighted by Crippen LogP contribution is -2.49. The number of benzene rings is 2. The number of sulfonamides is 1. The van der Waals surface area contributed by atoms with E-state index in [1.165, 1.54) is 17.7 Å². The van der Waals surface area contributed by atoms with E-state index < -0.39 is 10.0 Å². The van der Waals surface area contributed by atoms with Crippen LogP contribution in [-0.2, 0) is 32.5 Å². The van der Waals surface area contributed by atoms with Crippen LogP contribution >= 0.6 is 0 Å². The Morgan fingerprint density at radius 3 is 2.15 bits per heavy atom. The second-order valence-electron chi connectivity index (χ2n) is 8.60. The number of hydrogen-bond acceptors (Lipinski definition) is 5. The van der Waals surface area contributed by atoms with Gasteiger partial charge in [-0.1, -0.05) is 42.5 Å². The molecule has 0 radical (unpaired) electrons. The van der Waals surface area contributed by atoms with Gasteiger partial charge in [0, 0.05) is 52.1 Å². The Labute approximate surface area is 202 Å². The third-order valence-electron chi connectivity index (χ3n) is 6.07. The number of nitrogens with two attached hydrogens (primary N) is 1. The van der Waals surface area contributed by atoms with Crippen LogP contribution in [0.3, 0.4) is 0 Å². The summed E-state index contributed by atoms with van der Waals surface area (Å²) in [5.74, 6) is 0.200. The highest BCUT2D eigenvalue weighted by Gasteiger charge is 2.21. The Kier molecular flexibility index (Phi) is 9.62. The minimum Gasteiger partial charge on any atom is -0.356 e. The maximum atomic E-state index is 12.5. The Balaban J connectivity index is 1.26. The molecule has 1 aliphatic rings. The van der Waals surface area contributed by atoms with Crippen LogP contribution in [0.15, 0.2) is 59.5 Å². The number of nitrogens with zero attached hydrogens (tertiary/aromatic N) is 2. The lowest BCUT2D eigenvalue weighted by molar-refractivity contribution is -0.133. The van der Waals surface area contributed by atoms with Gasteiger partial charge >= 0.3 is 0 Å². The van der Waals surface area contributed by atoms with Crippen molar-refractivity contribution in [3.05, 3.63) is 65.7 Å². The van der Waals surface area contributed by atoms with Crippen LogP contribution < -0.4 is 10.5 Å². The van der Waals surface area contributed by atoms with E-state index in [2.05, 4.69) is 22.3 Å². The fourth-order valence-electron chi connectivity index (χ4n) is 4.01. The Hall–Kier alpha value is -2.75. The average Bonchev–Trinajstić information content (AvgIpc) is 2.83. The van der Waals surface area contributed by atoms with Gasteiger partial charge in [0.15, 0.2) is 0 Å². The number of carbonyl (C=O) groups is 2. The van der Waals surface area contributed by atoms with Crippen molar-refractivity contribution in [2.75, 3.05) is 39.3 Å². The number of carbonyl (C=O) groups excluding carboxylic acids is 2. The largest absolute Gasteiger partial charge is 0.356 e. The fourth-order valence-corrected chi connectivity index (χ4v) is 4.52. The molecule has 2 aromatic rings. The molecule has 3 rings (SSSR count). The first-order chi connectivity index (χ1) is 16.3. The van der Waals surface area contributed by atoms with Gasteiger partial charge < -0.3 is 10.2 Å². The van der Waals surface area contributed by atoms with Crippen LogP contribution in [0.2, 0.25) is 0 Å². The maximum Gasteiger partial charge on any atom is 0.238 e. The second kappa shape index (κ2) is 12.6. The number of amides is 2. The third-order valence-corrected chi connectivity index (χ3v) is 7.00. The lowest BCUT2D eigenvalue weighted by Gasteiger charge is -2.34. The molecular formula is C25H34N4O4S. The molecule has 0 spiro atoms. The zero-order valence-corrected chi connectivity index (χ0v) is 20.3. The molecule has 1 heterocycles. The van der Waals surface area contributed by atoms with Gasteiger partial charge in [0.2, 0.25) is 21.8 Å². The van der Waals surface area contributed by atoms with Crippen LogP contribution in [0, 0.1) is 0 Å². The number of nitrogens with one attached hydrogen (secondary N) is 1. The highest BCUT2D eigenvalue weighted by atomic mass is 32.2. The Bertz CT molecular complexity index is 1030. The maximum absolute atomic E-state index is 12.5. The van der Waals surface area contributed by atoms with E-state index in [1.807, 2.05) is 23.1 Å². The first-order valence-electron chi connectivity index (χ1n) is 11.7. The first-order valence-corrected chi connectivity index (χ1v) is 13.3. The summed E-state index contributed by atoms with van der Waals surface area (Å²) in [6.07, 6.45) is 3.38. The quantitative estimate of drug-likeness (QED) is 0.500. The SMILES string of the molecule is NS(=O)(=O)c1ccc(CCNC(=O)CCN2CCN(C(=O)CCCc3ccccc3)CC2)cc1. The molecule has 2 amide bonds. The number of rotatable bonds is 11. The number of aryl methyl sites for hydroxylation is 1. The van der Waals surface area contributed by atoms with Crippen LogP contribution in [0.25, 0.3) is 0 Å². The smallest absolute Gasteiger partial charge is 0.238 e. The van der Waals surface area contributed by atoms with Crippen molar-refractivity contribution < 1.29 is 18.0 Å². The van der Waals surface area contributed by atoms with Crippen molar-refractivity contribution in [3.63, 3.8) is 0 Å². The van der Waals surface area contributed by atoms with E-state index in [9.17, 15) is 18.0 Å². The van der Waals surface area contributed by atoms with E-state index in [1.54, 1.807) is 12.1 Å². The van der Waals surface area contributed by atoms with Crippen molar-refractivity contribution in [1.82, 2.24) is 15.1 Å². The van der Waals surface area contributed by atoms with E-state index in [0.717, 1.165) is 31.5 Å². The molecule has 8 nitrogen and oxygen atoms in total. The molecule has 3 N–H and O–H groups in total. The molecule has 0 saturated carbocycles. The monoisotopic (exact) mass is 486 g/mol. The zero-order chi connectivity index (χ0) is 24.4. The average molecular weight is 487 g/mol. The lowest BCUT2D eigenvalue weighted by atomic mass is 10.1. The van der Waals surface area contributed by atoms with Gasteiger partial charge in [0.25, 0.3) is 0 Å². The minimum atomic E-state index is -3.69. The molecule has 1 aliphatic heterocycles. The highest BCUT2D eigenvalue weighted by molar-refractivity contribution is 7.89. The van der Waals surface area contributed by atoms with E-state index in [-0.39, 0.29) is 16.7 Å². The fraction of sp³-hybridized carbons (Fsp3) is 0.440. The summed E-state index contributed by atoms with van der Waals surface area (Å²) in [6, 6.07) is 16.6. The van der Waals surface area contributed by atoms with Gasteiger partial charge in [-0.05, 0) is 42.5 Å². The molecule has 9 heteroatoms. The molecule has 1 saturated heterocycles. The summed E-state index contributed by atoms with van der Waals surface area (Å²) < 4.78 is 22.6. The molecular weight excluding hydrogens is 452 g/mol. The summed E-state index contributed by atoms with van der Waals surface area (Å²) in [7, 11) is -3.69. The molecule has 184 valence electrons. The Morgan fingerprint density at radius 2 is 1.50 bits per heavy atom. The number of primary sulfonamides is 1. The molecule has 0 atom stereocenters. The third kappa shape index (κ3) is 8.55. The van der Waals surface area contributed by atoms with Crippen molar-refractivity contribution in [2.45, 2.75) is 37.0 Å². The first kappa shape index (κ1) is 25.9. The predicted octanol–water partition coefficient (Wildman–Crippen LogP) is 1.55. The van der Waals surface area contributed by atoms with Gasteiger partial charge in [-0.25, -0.2) is 13.6 Å². The molecule has 34 heavy (non-hydrogen) atoms. The van der Waals surface area contributed by atoms with Crippen molar-refractivity contribution >= 4 is 21.8 Å². The normalized spacial score (nSPS) is 14.7. The van der Waals surface area contributed by atoms with E-state index >= 15 is 0 Å². The topological polar surface area (TPSA) is 113 Å².